The van der Waals surface area contributed by atoms with Crippen LogP contribution in [0.5, 0.6) is 0 Å². The van der Waals surface area contributed by atoms with Gasteiger partial charge in [-0.25, -0.2) is 0 Å². The van der Waals surface area contributed by atoms with Gasteiger partial charge >= 0.3 is 0 Å². The fraction of sp³-hybridized carbons (Fsp3) is 0.400. The molecule has 0 saturated carbocycles. The topological polar surface area (TPSA) is 52.0 Å². The van der Waals surface area contributed by atoms with Crippen molar-refractivity contribution in [3.05, 3.63) is 34.3 Å². The molecule has 4 N–H and O–H groups in total. The maximum atomic E-state index is 5.95. The highest BCUT2D eigenvalue weighted by Crippen LogP contribution is 2.14. The number of nitrogens with two attached hydrogens (primary N) is 2. The summed E-state index contributed by atoms with van der Waals surface area (Å²) >= 11 is 3.39. The number of rotatable bonds is 3. The Hall–Kier alpha value is -0.380. The van der Waals surface area contributed by atoms with E-state index < -0.39 is 0 Å². The molecular weight excluding hydrogens is 228 g/mol. The predicted molar refractivity (Wildman–Crippen MR) is 59.5 cm³/mol. The van der Waals surface area contributed by atoms with Crippen molar-refractivity contribution in [2.75, 3.05) is 6.54 Å². The zero-order valence-corrected chi connectivity index (χ0v) is 9.34. The molecule has 1 unspecified atom stereocenters. The fourth-order valence-corrected chi connectivity index (χ4v) is 1.41. The maximum absolute atomic E-state index is 5.95. The third kappa shape index (κ3) is 3.46. The van der Waals surface area contributed by atoms with Crippen LogP contribution in [0.25, 0.3) is 0 Å². The first-order valence-corrected chi connectivity index (χ1v) is 5.06. The van der Waals surface area contributed by atoms with Crippen molar-refractivity contribution in [1.82, 2.24) is 0 Å². The van der Waals surface area contributed by atoms with Crippen molar-refractivity contribution in [3.8, 4) is 0 Å². The molecule has 1 atom stereocenters. The molecule has 0 aromatic heterocycles. The third-order valence-electron chi connectivity index (χ3n) is 1.99. The zero-order chi connectivity index (χ0) is 9.90. The van der Waals surface area contributed by atoms with E-state index in [2.05, 4.69) is 28.1 Å². The van der Waals surface area contributed by atoms with Crippen LogP contribution in [0, 0.1) is 0 Å². The maximum Gasteiger partial charge on any atom is 0.0290 e. The highest BCUT2D eigenvalue weighted by molar-refractivity contribution is 9.10. The molecule has 0 radical (unpaired) electrons. The normalized spacial score (nSPS) is 15.4. The van der Waals surface area contributed by atoms with Crippen LogP contribution in [0.4, 0.5) is 0 Å². The molecule has 1 aromatic rings. The zero-order valence-electron chi connectivity index (χ0n) is 7.76. The van der Waals surface area contributed by atoms with Gasteiger partial charge < -0.3 is 11.5 Å². The average molecular weight is 243 g/mol. The van der Waals surface area contributed by atoms with Crippen molar-refractivity contribution < 1.29 is 0 Å². The van der Waals surface area contributed by atoms with E-state index in [1.807, 2.05) is 19.1 Å². The molecule has 0 amide bonds. The Balaban J connectivity index is 2.69. The molecule has 0 fully saturated rings. The summed E-state index contributed by atoms with van der Waals surface area (Å²) < 4.78 is 1.09. The van der Waals surface area contributed by atoms with E-state index in [0.717, 1.165) is 10.9 Å². The Morgan fingerprint density at radius 2 is 1.85 bits per heavy atom. The van der Waals surface area contributed by atoms with Crippen molar-refractivity contribution >= 4 is 15.9 Å². The first kappa shape index (κ1) is 10.7. The first-order valence-electron chi connectivity index (χ1n) is 4.27. The van der Waals surface area contributed by atoms with Crippen molar-refractivity contribution in [2.45, 2.75) is 18.9 Å². The molecule has 2 nitrogen and oxygen atoms in total. The van der Waals surface area contributed by atoms with Gasteiger partial charge in [0, 0.05) is 16.6 Å². The van der Waals surface area contributed by atoms with Crippen LogP contribution in [-0.4, -0.2) is 12.1 Å². The molecular formula is C10H15BrN2. The molecule has 0 saturated heterocycles. The summed E-state index contributed by atoms with van der Waals surface area (Å²) in [4.78, 5) is 0. The Labute approximate surface area is 87.4 Å². The van der Waals surface area contributed by atoms with E-state index in [0.29, 0.717) is 6.54 Å². The largest absolute Gasteiger partial charge is 0.329 e. The number of hydrogen-bond acceptors (Lipinski definition) is 2. The van der Waals surface area contributed by atoms with Crippen LogP contribution in [0.2, 0.25) is 0 Å². The summed E-state index contributed by atoms with van der Waals surface area (Å²) in [6, 6.07) is 8.15. The van der Waals surface area contributed by atoms with E-state index in [-0.39, 0.29) is 5.54 Å². The van der Waals surface area contributed by atoms with Crippen LogP contribution >= 0.6 is 15.9 Å². The summed E-state index contributed by atoms with van der Waals surface area (Å²) in [6.45, 7) is 2.47. The second-order valence-electron chi connectivity index (χ2n) is 3.66. The fourth-order valence-electron chi connectivity index (χ4n) is 1.14. The summed E-state index contributed by atoms with van der Waals surface area (Å²) in [5.41, 5.74) is 12.4. The summed E-state index contributed by atoms with van der Waals surface area (Å²) in [6.07, 6.45) is 0.816. The monoisotopic (exact) mass is 242 g/mol. The highest BCUT2D eigenvalue weighted by Gasteiger charge is 2.16. The van der Waals surface area contributed by atoms with Gasteiger partial charge in [-0.05, 0) is 31.0 Å². The van der Waals surface area contributed by atoms with E-state index in [1.165, 1.54) is 5.56 Å². The second kappa shape index (κ2) is 4.22. The predicted octanol–water partition coefficient (Wildman–Crippen LogP) is 1.67. The lowest BCUT2D eigenvalue weighted by Gasteiger charge is -2.22. The van der Waals surface area contributed by atoms with Gasteiger partial charge in [-0.15, -0.1) is 0 Å². The first-order chi connectivity index (χ1) is 6.03. The molecule has 1 rings (SSSR count). The molecule has 1 aromatic carbocycles. The molecule has 0 spiro atoms. The minimum atomic E-state index is -0.298. The lowest BCUT2D eigenvalue weighted by atomic mass is 9.94. The van der Waals surface area contributed by atoms with E-state index in [9.17, 15) is 0 Å². The van der Waals surface area contributed by atoms with Crippen LogP contribution < -0.4 is 11.5 Å². The van der Waals surface area contributed by atoms with Crippen molar-refractivity contribution in [1.29, 1.82) is 0 Å². The summed E-state index contributed by atoms with van der Waals surface area (Å²) in [7, 11) is 0. The summed E-state index contributed by atoms with van der Waals surface area (Å²) in [5, 5.41) is 0. The Bertz CT molecular complexity index is 267. The Morgan fingerprint density at radius 3 is 2.31 bits per heavy atom. The van der Waals surface area contributed by atoms with Gasteiger partial charge in [0.05, 0.1) is 0 Å². The van der Waals surface area contributed by atoms with Gasteiger partial charge in [0.15, 0.2) is 0 Å². The smallest absolute Gasteiger partial charge is 0.0290 e. The summed E-state index contributed by atoms with van der Waals surface area (Å²) in [5.74, 6) is 0. The molecule has 0 heterocycles. The van der Waals surface area contributed by atoms with Gasteiger partial charge in [0.1, 0.15) is 0 Å². The third-order valence-corrected chi connectivity index (χ3v) is 2.52. The minimum Gasteiger partial charge on any atom is -0.329 e. The molecule has 3 heteroatoms. The quantitative estimate of drug-likeness (QED) is 0.848. The van der Waals surface area contributed by atoms with Gasteiger partial charge in [-0.2, -0.15) is 0 Å². The van der Waals surface area contributed by atoms with Gasteiger partial charge in [-0.1, -0.05) is 28.1 Å². The SMILES string of the molecule is CC(N)(CN)Cc1ccc(Br)cc1. The van der Waals surface area contributed by atoms with Gasteiger partial charge in [-0.3, -0.25) is 0 Å². The van der Waals surface area contributed by atoms with Crippen LogP contribution in [0.15, 0.2) is 28.7 Å². The Kier molecular flexibility index (Phi) is 3.47. The molecule has 13 heavy (non-hydrogen) atoms. The molecule has 72 valence electrons. The molecule has 0 aliphatic carbocycles. The Morgan fingerprint density at radius 1 is 1.31 bits per heavy atom. The minimum absolute atomic E-state index is 0.298. The van der Waals surface area contributed by atoms with Crippen LogP contribution in [0.1, 0.15) is 12.5 Å². The standard InChI is InChI=1S/C10H15BrN2/c1-10(13,7-12)6-8-2-4-9(11)5-3-8/h2-5H,6-7,12-13H2,1H3. The second-order valence-corrected chi connectivity index (χ2v) is 4.58. The van der Waals surface area contributed by atoms with E-state index >= 15 is 0 Å². The highest BCUT2D eigenvalue weighted by atomic mass is 79.9. The number of hydrogen-bond donors (Lipinski definition) is 2. The lowest BCUT2D eigenvalue weighted by molar-refractivity contribution is 0.477. The van der Waals surface area contributed by atoms with E-state index in [1.54, 1.807) is 0 Å². The van der Waals surface area contributed by atoms with Crippen LogP contribution in [0.3, 0.4) is 0 Å². The number of benzene rings is 1. The van der Waals surface area contributed by atoms with Gasteiger partial charge in [0.2, 0.25) is 0 Å². The van der Waals surface area contributed by atoms with Gasteiger partial charge in [0.25, 0.3) is 0 Å². The van der Waals surface area contributed by atoms with Crippen molar-refractivity contribution in [2.24, 2.45) is 11.5 Å². The molecule has 0 aliphatic heterocycles. The average Bonchev–Trinajstić information content (AvgIpc) is 2.09. The van der Waals surface area contributed by atoms with Crippen molar-refractivity contribution in [3.63, 3.8) is 0 Å². The number of halogens is 1. The molecule has 0 bridgehead atoms. The van der Waals surface area contributed by atoms with E-state index in [4.69, 9.17) is 11.5 Å². The molecule has 0 aliphatic rings. The van der Waals surface area contributed by atoms with Crippen LogP contribution in [-0.2, 0) is 6.42 Å². The lowest BCUT2D eigenvalue weighted by Crippen LogP contribution is -2.45.